The Morgan fingerprint density at radius 3 is 2.81 bits per heavy atom. The molecule has 4 aromatic rings. The molecule has 0 saturated carbocycles. The fraction of sp³-hybridized carbons (Fsp3) is 0.292. The van der Waals surface area contributed by atoms with E-state index in [2.05, 4.69) is 29.4 Å². The minimum Gasteiger partial charge on any atom is -0.481 e. The van der Waals surface area contributed by atoms with Crippen molar-refractivity contribution in [3.63, 3.8) is 0 Å². The van der Waals surface area contributed by atoms with E-state index in [-0.39, 0.29) is 24.2 Å². The van der Waals surface area contributed by atoms with Crippen molar-refractivity contribution in [3.8, 4) is 0 Å². The number of carbonyl (C=O) groups is 1. The van der Waals surface area contributed by atoms with E-state index in [0.29, 0.717) is 23.9 Å². The van der Waals surface area contributed by atoms with Gasteiger partial charge in [-0.2, -0.15) is 0 Å². The van der Waals surface area contributed by atoms with E-state index in [9.17, 15) is 14.3 Å². The highest BCUT2D eigenvalue weighted by Gasteiger charge is 2.30. The van der Waals surface area contributed by atoms with Crippen LogP contribution in [-0.4, -0.2) is 30.6 Å². The van der Waals surface area contributed by atoms with E-state index in [4.69, 9.17) is 0 Å². The van der Waals surface area contributed by atoms with Crippen molar-refractivity contribution in [2.24, 2.45) is 0 Å². The number of carboxylic acids is 1. The van der Waals surface area contributed by atoms with Gasteiger partial charge >= 0.3 is 5.97 Å². The molecular formula is C24H23FN4O2. The molecule has 31 heavy (non-hydrogen) atoms. The first-order chi connectivity index (χ1) is 15.0. The lowest BCUT2D eigenvalue weighted by molar-refractivity contribution is -0.136. The molecule has 6 nitrogen and oxygen atoms in total. The highest BCUT2D eigenvalue weighted by atomic mass is 19.1. The molecule has 0 bridgehead atoms. The Morgan fingerprint density at radius 1 is 1.23 bits per heavy atom. The Hall–Kier alpha value is -3.48. The minimum atomic E-state index is -0.906. The molecule has 0 spiro atoms. The van der Waals surface area contributed by atoms with Crippen molar-refractivity contribution < 1.29 is 14.3 Å². The zero-order chi connectivity index (χ0) is 21.5. The maximum atomic E-state index is 14.8. The monoisotopic (exact) mass is 418 g/mol. The number of fused-ring (bicyclic) bond motifs is 3. The molecule has 2 aromatic carbocycles. The Balaban J connectivity index is 1.55. The number of para-hydroxylation sites is 1. The average molecular weight is 418 g/mol. The smallest absolute Gasteiger partial charge is 0.307 e. The Bertz CT molecular complexity index is 1260. The summed E-state index contributed by atoms with van der Waals surface area (Å²) in [6, 6.07) is 15.1. The van der Waals surface area contributed by atoms with Crippen LogP contribution in [0.1, 0.15) is 47.8 Å². The molecular weight excluding hydrogens is 395 g/mol. The van der Waals surface area contributed by atoms with Crippen LogP contribution < -0.4 is 0 Å². The number of benzene rings is 2. The molecule has 7 heteroatoms. The maximum absolute atomic E-state index is 14.8. The number of halogens is 1. The summed E-state index contributed by atoms with van der Waals surface area (Å²) >= 11 is 0. The van der Waals surface area contributed by atoms with Crippen molar-refractivity contribution in [2.45, 2.75) is 44.7 Å². The third kappa shape index (κ3) is 3.30. The zero-order valence-electron chi connectivity index (χ0n) is 17.2. The van der Waals surface area contributed by atoms with Gasteiger partial charge in [0.05, 0.1) is 29.9 Å². The summed E-state index contributed by atoms with van der Waals surface area (Å²) in [5.74, 6) is -1.11. The van der Waals surface area contributed by atoms with Gasteiger partial charge in [0.2, 0.25) is 0 Å². The second-order valence-corrected chi connectivity index (χ2v) is 8.17. The van der Waals surface area contributed by atoms with Crippen molar-refractivity contribution >= 4 is 16.9 Å². The molecule has 0 aliphatic carbocycles. The summed E-state index contributed by atoms with van der Waals surface area (Å²) in [6.45, 7) is 2.67. The maximum Gasteiger partial charge on any atom is 0.307 e. The Kier molecular flexibility index (Phi) is 4.81. The van der Waals surface area contributed by atoms with Crippen LogP contribution >= 0.6 is 0 Å². The number of nitrogens with zero attached hydrogens (tertiary/aromatic N) is 4. The second kappa shape index (κ2) is 7.65. The summed E-state index contributed by atoms with van der Waals surface area (Å²) < 4.78 is 18.7. The fourth-order valence-corrected chi connectivity index (χ4v) is 4.89. The highest BCUT2D eigenvalue weighted by Crippen LogP contribution is 2.37. The third-order valence-electron chi connectivity index (χ3n) is 6.38. The molecule has 0 saturated heterocycles. The van der Waals surface area contributed by atoms with Crippen LogP contribution in [0.25, 0.3) is 10.9 Å². The van der Waals surface area contributed by atoms with Gasteiger partial charge in [0.25, 0.3) is 0 Å². The summed E-state index contributed by atoms with van der Waals surface area (Å²) in [6.07, 6.45) is 3.16. The molecule has 0 fully saturated rings. The van der Waals surface area contributed by atoms with E-state index in [1.165, 1.54) is 11.6 Å². The molecule has 1 N–H and O–H groups in total. The van der Waals surface area contributed by atoms with Crippen LogP contribution in [0, 0.1) is 5.82 Å². The van der Waals surface area contributed by atoms with Crippen LogP contribution in [0.5, 0.6) is 0 Å². The van der Waals surface area contributed by atoms with Crippen LogP contribution in [0.3, 0.4) is 0 Å². The molecule has 2 atom stereocenters. The lowest BCUT2D eigenvalue weighted by Gasteiger charge is -2.28. The topological polar surface area (TPSA) is 72.9 Å². The van der Waals surface area contributed by atoms with Crippen molar-refractivity contribution in [3.05, 3.63) is 83.1 Å². The molecule has 0 radical (unpaired) electrons. The lowest BCUT2D eigenvalue weighted by atomic mass is 9.96. The van der Waals surface area contributed by atoms with Crippen molar-refractivity contribution in [2.75, 3.05) is 0 Å². The minimum absolute atomic E-state index is 0.0176. The fourth-order valence-electron chi connectivity index (χ4n) is 4.89. The molecule has 2 aromatic heterocycles. The predicted molar refractivity (Wildman–Crippen MR) is 115 cm³/mol. The number of rotatable bonds is 5. The summed E-state index contributed by atoms with van der Waals surface area (Å²) in [4.78, 5) is 11.5. The van der Waals surface area contributed by atoms with Gasteiger partial charge in [-0.1, -0.05) is 54.6 Å². The second-order valence-electron chi connectivity index (χ2n) is 8.17. The van der Waals surface area contributed by atoms with E-state index >= 15 is 0 Å². The van der Waals surface area contributed by atoms with Crippen molar-refractivity contribution in [1.82, 2.24) is 19.6 Å². The van der Waals surface area contributed by atoms with Gasteiger partial charge in [0, 0.05) is 23.5 Å². The summed E-state index contributed by atoms with van der Waals surface area (Å²) in [5, 5.41) is 18.6. The van der Waals surface area contributed by atoms with Crippen LogP contribution in [0.2, 0.25) is 0 Å². The first-order valence-corrected chi connectivity index (χ1v) is 10.5. The van der Waals surface area contributed by atoms with Crippen LogP contribution in [-0.2, 0) is 24.2 Å². The van der Waals surface area contributed by atoms with Crippen LogP contribution in [0.4, 0.5) is 4.39 Å². The first-order valence-electron chi connectivity index (χ1n) is 10.5. The standard InChI is InChI=1S/C24H23FN4O2/c1-15(16-6-3-2-4-7-16)22-13-26-27-29(22)17-10-11-21-19(12-23(30)31)18-8-5-9-20(25)24(18)28(21)14-17/h2-9,13,15,17H,10-12,14H2,1H3,(H,30,31). The van der Waals surface area contributed by atoms with Gasteiger partial charge in [-0.3, -0.25) is 4.79 Å². The Morgan fingerprint density at radius 2 is 2.03 bits per heavy atom. The molecule has 1 aliphatic heterocycles. The average Bonchev–Trinajstić information content (AvgIpc) is 3.38. The van der Waals surface area contributed by atoms with Gasteiger partial charge in [-0.05, 0) is 30.0 Å². The van der Waals surface area contributed by atoms with Gasteiger partial charge < -0.3 is 9.67 Å². The summed E-state index contributed by atoms with van der Waals surface area (Å²) in [5.41, 5.74) is 4.32. The van der Waals surface area contributed by atoms with Crippen LogP contribution in [0.15, 0.2) is 54.7 Å². The third-order valence-corrected chi connectivity index (χ3v) is 6.38. The first kappa shape index (κ1) is 19.5. The van der Waals surface area contributed by atoms with E-state index in [1.54, 1.807) is 12.3 Å². The van der Waals surface area contributed by atoms with E-state index in [1.807, 2.05) is 33.5 Å². The molecule has 2 unspecified atom stereocenters. The van der Waals surface area contributed by atoms with Gasteiger partial charge in [0.15, 0.2) is 0 Å². The highest BCUT2D eigenvalue weighted by molar-refractivity contribution is 5.89. The zero-order valence-corrected chi connectivity index (χ0v) is 17.2. The van der Waals surface area contributed by atoms with E-state index in [0.717, 1.165) is 23.4 Å². The van der Waals surface area contributed by atoms with Gasteiger partial charge in [-0.25, -0.2) is 9.07 Å². The lowest BCUT2D eigenvalue weighted by Crippen LogP contribution is -2.26. The SMILES string of the molecule is CC(c1ccccc1)c1cnnn1C1CCc2c(CC(=O)O)c3cccc(F)c3n2C1. The predicted octanol–water partition coefficient (Wildman–Crippen LogP) is 4.34. The van der Waals surface area contributed by atoms with Gasteiger partial charge in [0.1, 0.15) is 5.82 Å². The normalized spacial score (nSPS) is 16.9. The quantitative estimate of drug-likeness (QED) is 0.523. The largest absolute Gasteiger partial charge is 0.481 e. The van der Waals surface area contributed by atoms with Crippen molar-refractivity contribution in [1.29, 1.82) is 0 Å². The summed E-state index contributed by atoms with van der Waals surface area (Å²) in [7, 11) is 0. The van der Waals surface area contributed by atoms with Gasteiger partial charge in [-0.15, -0.1) is 5.10 Å². The number of aromatic nitrogens is 4. The molecule has 5 rings (SSSR count). The number of hydrogen-bond acceptors (Lipinski definition) is 3. The Labute approximate surface area is 178 Å². The van der Waals surface area contributed by atoms with E-state index < -0.39 is 5.97 Å². The molecule has 158 valence electrons. The molecule has 1 aliphatic rings. The molecule has 3 heterocycles. The molecule has 0 amide bonds. The number of carboxylic acid groups (broad SMARTS) is 1. The number of aliphatic carboxylic acids is 1. The number of hydrogen-bond donors (Lipinski definition) is 1.